The molecule has 2 aliphatic rings. The molecule has 3 rings (SSSR count). The smallest absolute Gasteiger partial charge is 0.441 e. The van der Waals surface area contributed by atoms with Crippen molar-refractivity contribution in [3.8, 4) is 0 Å². The predicted molar refractivity (Wildman–Crippen MR) is 74.5 cm³/mol. The number of halogens is 3. The molecule has 1 N–H and O–H groups in total. The van der Waals surface area contributed by atoms with Gasteiger partial charge in [0.15, 0.2) is 5.84 Å². The molecule has 0 spiro atoms. The number of hydrogen-bond acceptors (Lipinski definition) is 5. The van der Waals surface area contributed by atoms with Crippen LogP contribution in [0.3, 0.4) is 0 Å². The zero-order valence-electron chi connectivity index (χ0n) is 10.9. The van der Waals surface area contributed by atoms with Crippen molar-refractivity contribution >= 4 is 39.8 Å². The number of furan rings is 1. The summed E-state index contributed by atoms with van der Waals surface area (Å²) in [4.78, 5) is 15.4. The van der Waals surface area contributed by atoms with Crippen LogP contribution in [0.25, 0.3) is 6.08 Å². The van der Waals surface area contributed by atoms with Gasteiger partial charge in [0, 0.05) is 0 Å². The van der Waals surface area contributed by atoms with Crippen LogP contribution in [0.4, 0.5) is 13.2 Å². The lowest BCUT2D eigenvalue weighted by atomic mass is 10.1. The Labute approximate surface area is 125 Å². The third-order valence-corrected chi connectivity index (χ3v) is 3.70. The summed E-state index contributed by atoms with van der Waals surface area (Å²) in [5, 5.41) is 10.4. The van der Waals surface area contributed by atoms with Crippen molar-refractivity contribution in [2.45, 2.75) is 13.1 Å². The van der Waals surface area contributed by atoms with Crippen molar-refractivity contribution in [2.75, 3.05) is 0 Å². The van der Waals surface area contributed by atoms with Crippen molar-refractivity contribution in [3.05, 3.63) is 29.2 Å². The molecule has 0 saturated carbocycles. The number of nitrogens with one attached hydrogen (secondary N) is 1. The standard InChI is InChI=1S/C12H7F3N4O2S/c1-5-2-3-6(21-5)4-7-8(16)19-11(17-9(7)20)22-10(18-19)12(13,14)15/h2-4,16H,1H3/b7-4+,16-8?. The van der Waals surface area contributed by atoms with Crippen molar-refractivity contribution in [2.24, 2.45) is 10.1 Å². The van der Waals surface area contributed by atoms with Gasteiger partial charge in [-0.2, -0.15) is 28.3 Å². The molecule has 0 atom stereocenters. The Morgan fingerprint density at radius 3 is 2.73 bits per heavy atom. The number of hydrazone groups is 1. The van der Waals surface area contributed by atoms with E-state index in [1.165, 1.54) is 6.08 Å². The zero-order chi connectivity index (χ0) is 16.1. The molecule has 0 unspecified atom stereocenters. The highest BCUT2D eigenvalue weighted by atomic mass is 32.2. The number of carbonyl (C=O) groups is 1. The van der Waals surface area contributed by atoms with Gasteiger partial charge in [-0.25, -0.2) is 0 Å². The Bertz CT molecular complexity index is 776. The topological polar surface area (TPSA) is 82.0 Å². The fourth-order valence-corrected chi connectivity index (χ4v) is 2.54. The van der Waals surface area contributed by atoms with Gasteiger partial charge in [-0.1, -0.05) is 0 Å². The summed E-state index contributed by atoms with van der Waals surface area (Å²) < 4.78 is 43.2. The van der Waals surface area contributed by atoms with Crippen LogP contribution < -0.4 is 0 Å². The highest BCUT2D eigenvalue weighted by Crippen LogP contribution is 2.35. The van der Waals surface area contributed by atoms with E-state index in [0.29, 0.717) is 16.5 Å². The van der Waals surface area contributed by atoms with E-state index in [9.17, 15) is 18.0 Å². The highest BCUT2D eigenvalue weighted by Gasteiger charge is 2.46. The number of amidine groups is 2. The maximum absolute atomic E-state index is 12.7. The van der Waals surface area contributed by atoms with Crippen LogP contribution in [-0.2, 0) is 4.79 Å². The Kier molecular flexibility index (Phi) is 3.20. The third-order valence-electron chi connectivity index (χ3n) is 2.74. The summed E-state index contributed by atoms with van der Waals surface area (Å²) in [6, 6.07) is 3.23. The first-order chi connectivity index (χ1) is 10.3. The summed E-state index contributed by atoms with van der Waals surface area (Å²) in [7, 11) is 0. The number of nitrogens with zero attached hydrogens (tertiary/aromatic N) is 3. The van der Waals surface area contributed by atoms with E-state index in [2.05, 4.69) is 10.1 Å². The number of alkyl halides is 3. The van der Waals surface area contributed by atoms with E-state index in [1.807, 2.05) is 0 Å². The Balaban J connectivity index is 1.98. The van der Waals surface area contributed by atoms with Gasteiger partial charge >= 0.3 is 6.18 Å². The van der Waals surface area contributed by atoms with Crippen LogP contribution >= 0.6 is 11.8 Å². The number of carbonyl (C=O) groups excluding carboxylic acids is 1. The molecule has 22 heavy (non-hydrogen) atoms. The van der Waals surface area contributed by atoms with Crippen LogP contribution in [-0.4, -0.2) is 33.1 Å². The quantitative estimate of drug-likeness (QED) is 0.804. The van der Waals surface area contributed by atoms with Crippen LogP contribution in [0.2, 0.25) is 0 Å². The average molecular weight is 328 g/mol. The number of aliphatic imine (C=N–C) groups is 1. The number of thioether (sulfide) groups is 1. The van der Waals surface area contributed by atoms with Gasteiger partial charge in [-0.15, -0.1) is 0 Å². The van der Waals surface area contributed by atoms with Gasteiger partial charge in [0.1, 0.15) is 11.5 Å². The van der Waals surface area contributed by atoms with Gasteiger partial charge in [0.25, 0.3) is 5.91 Å². The van der Waals surface area contributed by atoms with Gasteiger partial charge in [-0.05, 0) is 36.9 Å². The average Bonchev–Trinajstić information content (AvgIpc) is 3.00. The molecular formula is C12H7F3N4O2S. The van der Waals surface area contributed by atoms with Gasteiger partial charge in [0.05, 0.1) is 5.57 Å². The van der Waals surface area contributed by atoms with E-state index in [4.69, 9.17) is 9.83 Å². The molecule has 0 aromatic carbocycles. The second-order valence-corrected chi connectivity index (χ2v) is 5.33. The van der Waals surface area contributed by atoms with Crippen molar-refractivity contribution < 1.29 is 22.4 Å². The van der Waals surface area contributed by atoms with E-state index in [1.54, 1.807) is 19.1 Å². The SMILES string of the molecule is Cc1ccc(/C=C2\C(=N)N3N=C(C(F)(F)F)SC3=NC2=O)o1. The maximum atomic E-state index is 12.7. The van der Waals surface area contributed by atoms with E-state index in [-0.39, 0.29) is 22.5 Å². The van der Waals surface area contributed by atoms with Gasteiger partial charge in [-0.3, -0.25) is 10.2 Å². The summed E-state index contributed by atoms with van der Waals surface area (Å²) in [5.74, 6) is -0.386. The largest absolute Gasteiger partial charge is 0.462 e. The molecule has 0 saturated heterocycles. The molecule has 6 nitrogen and oxygen atoms in total. The van der Waals surface area contributed by atoms with Crippen LogP contribution in [0.1, 0.15) is 11.5 Å². The number of hydrogen-bond donors (Lipinski definition) is 1. The maximum Gasteiger partial charge on any atom is 0.441 e. The molecule has 2 aliphatic heterocycles. The van der Waals surface area contributed by atoms with E-state index < -0.39 is 23.0 Å². The lowest BCUT2D eigenvalue weighted by Gasteiger charge is -2.19. The summed E-state index contributed by atoms with van der Waals surface area (Å²) in [6.07, 6.45) is -3.40. The predicted octanol–water partition coefficient (Wildman–Crippen LogP) is 2.77. The lowest BCUT2D eigenvalue weighted by molar-refractivity contribution is -0.114. The second-order valence-electron chi connectivity index (χ2n) is 4.37. The highest BCUT2D eigenvalue weighted by molar-refractivity contribution is 8.27. The molecule has 1 aromatic heterocycles. The first kappa shape index (κ1) is 14.6. The zero-order valence-corrected chi connectivity index (χ0v) is 11.7. The number of fused-ring (bicyclic) bond motifs is 1. The fraction of sp³-hybridized carbons (Fsp3) is 0.167. The first-order valence-corrected chi connectivity index (χ1v) is 6.71. The third kappa shape index (κ3) is 2.45. The number of rotatable bonds is 1. The van der Waals surface area contributed by atoms with Gasteiger partial charge in [0.2, 0.25) is 10.2 Å². The number of aryl methyl sites for hydroxylation is 1. The molecular weight excluding hydrogens is 321 g/mol. The molecule has 0 aliphatic carbocycles. The molecule has 1 amide bonds. The van der Waals surface area contributed by atoms with Crippen molar-refractivity contribution in [1.82, 2.24) is 5.01 Å². The molecule has 0 bridgehead atoms. The minimum Gasteiger partial charge on any atom is -0.462 e. The summed E-state index contributed by atoms with van der Waals surface area (Å²) >= 11 is 0.210. The Hall–Kier alpha value is -2.36. The van der Waals surface area contributed by atoms with Crippen LogP contribution in [0.5, 0.6) is 0 Å². The van der Waals surface area contributed by atoms with Crippen molar-refractivity contribution in [1.29, 1.82) is 5.41 Å². The van der Waals surface area contributed by atoms with Gasteiger partial charge < -0.3 is 4.42 Å². The summed E-state index contributed by atoms with van der Waals surface area (Å²) in [5.41, 5.74) is -0.189. The lowest BCUT2D eigenvalue weighted by Crippen LogP contribution is -2.35. The van der Waals surface area contributed by atoms with E-state index in [0.717, 1.165) is 0 Å². The normalized spacial score (nSPS) is 20.4. The molecule has 3 heterocycles. The first-order valence-electron chi connectivity index (χ1n) is 5.89. The Morgan fingerprint density at radius 1 is 1.41 bits per heavy atom. The minimum atomic E-state index is -4.66. The molecule has 10 heteroatoms. The molecule has 0 radical (unpaired) electrons. The Morgan fingerprint density at radius 2 is 2.14 bits per heavy atom. The monoisotopic (exact) mass is 328 g/mol. The van der Waals surface area contributed by atoms with E-state index >= 15 is 0 Å². The fourth-order valence-electron chi connectivity index (χ4n) is 1.78. The molecule has 1 aromatic rings. The van der Waals surface area contributed by atoms with Crippen LogP contribution in [0.15, 0.2) is 32.2 Å². The molecule has 114 valence electrons. The minimum absolute atomic E-state index is 0.189. The summed E-state index contributed by atoms with van der Waals surface area (Å²) in [6.45, 7) is 1.70. The molecule has 0 fully saturated rings. The number of amides is 1. The van der Waals surface area contributed by atoms with Crippen LogP contribution in [0, 0.1) is 12.3 Å². The van der Waals surface area contributed by atoms with Crippen molar-refractivity contribution in [3.63, 3.8) is 0 Å². The second kappa shape index (κ2) is 4.83.